The molecule has 1 N–H and O–H groups in total. The summed E-state index contributed by atoms with van der Waals surface area (Å²) in [4.78, 5) is 8.61. The van der Waals surface area contributed by atoms with Crippen LogP contribution in [0, 0.1) is 13.8 Å². The minimum Gasteiger partial charge on any atom is -1.00 e. The van der Waals surface area contributed by atoms with Crippen molar-refractivity contribution in [2.24, 2.45) is 7.05 Å². The number of rotatable bonds is 3. The van der Waals surface area contributed by atoms with Gasteiger partial charge in [0.2, 0.25) is 5.71 Å². The van der Waals surface area contributed by atoms with Crippen LogP contribution in [-0.4, -0.2) is 15.7 Å². The lowest BCUT2D eigenvalue weighted by atomic mass is 9.96. The zero-order valence-electron chi connectivity index (χ0n) is 23.2. The third-order valence-corrected chi connectivity index (χ3v) is 8.59. The van der Waals surface area contributed by atoms with E-state index in [1.165, 1.54) is 38.4 Å². The first-order valence-corrected chi connectivity index (χ1v) is 13.4. The highest BCUT2D eigenvalue weighted by Crippen LogP contribution is 2.45. The first-order chi connectivity index (χ1) is 18.3. The summed E-state index contributed by atoms with van der Waals surface area (Å²) in [6.07, 6.45) is 0.132. The Labute approximate surface area is 246 Å². The highest BCUT2D eigenvalue weighted by Gasteiger charge is 2.49. The monoisotopic (exact) mass is 628 g/mol. The molecule has 2 atom stereocenters. The van der Waals surface area contributed by atoms with Gasteiger partial charge >= 0.3 is 0 Å². The molecule has 6 aromatic rings. The maximum Gasteiger partial charge on any atom is 0.227 e. The number of aryl methyl sites for hydroxylation is 3. The molecule has 0 radical (unpaired) electrons. The van der Waals surface area contributed by atoms with Crippen LogP contribution < -0.4 is 33.8 Å². The molecule has 6 heteroatoms. The van der Waals surface area contributed by atoms with Gasteiger partial charge in [0.1, 0.15) is 11.2 Å². The predicted octanol–water partition coefficient (Wildman–Crippen LogP) is 4.04. The molecule has 3 aromatic heterocycles. The summed E-state index contributed by atoms with van der Waals surface area (Å²) in [5.41, 5.74) is 9.79. The standard InChI is InChI=1S/C33H32N4O.HI/c1-20-15-17-24-25-18-16-21(2)34-32(25)38-31(24)30(20)36-22(3)37(28-14-10-9-13-27(28)36)33(4,5)29-19-23-11-7-8-12-26(23)35(29)6;/h7-19,22H,1-6H3;1H/t22-;/m1./s1. The Morgan fingerprint density at radius 1 is 0.897 bits per heavy atom. The molecule has 0 saturated heterocycles. The van der Waals surface area contributed by atoms with Gasteiger partial charge in [-0.25, -0.2) is 4.98 Å². The normalized spacial score (nSPS) is 17.2. The van der Waals surface area contributed by atoms with Crippen LogP contribution in [0.15, 0.2) is 83.3 Å². The number of hydrogen-bond acceptors (Lipinski definition) is 3. The lowest BCUT2D eigenvalue weighted by Gasteiger charge is -2.37. The van der Waals surface area contributed by atoms with Gasteiger partial charge in [-0.05, 0) is 63.6 Å². The summed E-state index contributed by atoms with van der Waals surface area (Å²) in [5.74, 6) is 0. The minimum atomic E-state index is -0.202. The van der Waals surface area contributed by atoms with Crippen LogP contribution >= 0.6 is 0 Å². The Balaban J connectivity index is 0.00000277. The lowest BCUT2D eigenvalue weighted by molar-refractivity contribution is -0.911. The highest BCUT2D eigenvalue weighted by molar-refractivity contribution is 6.09. The number of aromatic nitrogens is 2. The van der Waals surface area contributed by atoms with Crippen LogP contribution in [0.2, 0.25) is 0 Å². The third-order valence-electron chi connectivity index (χ3n) is 8.59. The second-order valence-corrected chi connectivity index (χ2v) is 11.3. The maximum atomic E-state index is 6.52. The molecule has 0 saturated carbocycles. The Hall–Kier alpha value is -3.36. The van der Waals surface area contributed by atoms with Gasteiger partial charge in [-0.3, -0.25) is 9.80 Å². The summed E-state index contributed by atoms with van der Waals surface area (Å²) in [6, 6.07) is 28.4. The van der Waals surface area contributed by atoms with Crippen LogP contribution in [0.25, 0.3) is 33.0 Å². The molecule has 3 aromatic carbocycles. The van der Waals surface area contributed by atoms with Gasteiger partial charge in [0.15, 0.2) is 17.4 Å². The van der Waals surface area contributed by atoms with Gasteiger partial charge in [-0.15, -0.1) is 0 Å². The SMILES string of the molecule is Cc1ccc2c(n1)oc1c(N3c4ccccc4[NH+](C(C)(C)c4cc5ccccc5n4C)[C@@H]3C)c(C)ccc12.[I-]. The second kappa shape index (κ2) is 9.10. The summed E-state index contributed by atoms with van der Waals surface area (Å²) in [7, 11) is 2.19. The molecule has 5 nitrogen and oxygen atoms in total. The smallest absolute Gasteiger partial charge is 0.227 e. The number of nitrogens with zero attached hydrogens (tertiary/aromatic N) is 3. The van der Waals surface area contributed by atoms with Gasteiger partial charge in [0.05, 0.1) is 11.4 Å². The largest absolute Gasteiger partial charge is 1.00 e. The fourth-order valence-corrected chi connectivity index (χ4v) is 6.87. The number of hydrogen-bond donors (Lipinski definition) is 1. The van der Waals surface area contributed by atoms with E-state index in [-0.39, 0.29) is 35.7 Å². The predicted molar refractivity (Wildman–Crippen MR) is 156 cm³/mol. The summed E-state index contributed by atoms with van der Waals surface area (Å²) >= 11 is 0. The molecule has 0 spiro atoms. The minimum absolute atomic E-state index is 0. The van der Waals surface area contributed by atoms with Crippen LogP contribution in [0.3, 0.4) is 0 Å². The van der Waals surface area contributed by atoms with Crippen molar-refractivity contribution in [3.8, 4) is 0 Å². The van der Waals surface area contributed by atoms with E-state index in [0.717, 1.165) is 27.7 Å². The first-order valence-electron chi connectivity index (χ1n) is 13.4. The van der Waals surface area contributed by atoms with E-state index in [0.29, 0.717) is 5.71 Å². The van der Waals surface area contributed by atoms with Crippen LogP contribution in [-0.2, 0) is 12.6 Å². The summed E-state index contributed by atoms with van der Waals surface area (Å²) in [6.45, 7) is 11.3. The number of para-hydroxylation sites is 3. The maximum absolute atomic E-state index is 6.52. The Bertz CT molecular complexity index is 1880. The number of anilines is 2. The van der Waals surface area contributed by atoms with E-state index in [1.807, 2.05) is 6.92 Å². The molecule has 0 amide bonds. The van der Waals surface area contributed by atoms with E-state index in [9.17, 15) is 0 Å². The average Bonchev–Trinajstić information content (AvgIpc) is 3.53. The van der Waals surface area contributed by atoms with Crippen molar-refractivity contribution in [1.29, 1.82) is 0 Å². The number of quaternary nitrogens is 1. The molecule has 198 valence electrons. The molecule has 1 unspecified atom stereocenters. The molecule has 4 heterocycles. The molecular formula is C33H33IN4O. The summed E-state index contributed by atoms with van der Waals surface area (Å²) in [5, 5.41) is 3.45. The molecule has 39 heavy (non-hydrogen) atoms. The lowest BCUT2D eigenvalue weighted by Crippen LogP contribution is -3.16. The van der Waals surface area contributed by atoms with Gasteiger partial charge < -0.3 is 33.0 Å². The van der Waals surface area contributed by atoms with E-state index in [1.54, 1.807) is 0 Å². The molecular weight excluding hydrogens is 595 g/mol. The Kier molecular flexibility index (Phi) is 6.04. The van der Waals surface area contributed by atoms with Crippen molar-refractivity contribution < 1.29 is 33.3 Å². The van der Waals surface area contributed by atoms with Crippen LogP contribution in [0.5, 0.6) is 0 Å². The van der Waals surface area contributed by atoms with Gasteiger partial charge in [0, 0.05) is 47.4 Å². The fourth-order valence-electron chi connectivity index (χ4n) is 6.87. The Morgan fingerprint density at radius 3 is 2.41 bits per heavy atom. The number of pyridine rings is 1. The summed E-state index contributed by atoms with van der Waals surface area (Å²) < 4.78 is 8.88. The van der Waals surface area contributed by atoms with E-state index in [4.69, 9.17) is 9.40 Å². The molecule has 0 fully saturated rings. The average molecular weight is 629 g/mol. The van der Waals surface area contributed by atoms with Crippen LogP contribution in [0.4, 0.5) is 17.1 Å². The van der Waals surface area contributed by atoms with Crippen molar-refractivity contribution in [2.45, 2.75) is 46.3 Å². The molecule has 1 aliphatic rings. The highest BCUT2D eigenvalue weighted by atomic mass is 127. The first kappa shape index (κ1) is 25.9. The number of fused-ring (bicyclic) bond motifs is 5. The third kappa shape index (κ3) is 3.64. The molecule has 7 rings (SSSR count). The second-order valence-electron chi connectivity index (χ2n) is 11.3. The van der Waals surface area contributed by atoms with Gasteiger partial charge in [-0.1, -0.05) is 42.5 Å². The van der Waals surface area contributed by atoms with Crippen molar-refractivity contribution in [3.63, 3.8) is 0 Å². The zero-order chi connectivity index (χ0) is 26.3. The van der Waals surface area contributed by atoms with Gasteiger partial charge in [-0.2, -0.15) is 0 Å². The van der Waals surface area contributed by atoms with E-state index < -0.39 is 0 Å². The van der Waals surface area contributed by atoms with E-state index in [2.05, 4.69) is 123 Å². The zero-order valence-corrected chi connectivity index (χ0v) is 25.4. The number of benzene rings is 3. The quantitative estimate of drug-likeness (QED) is 0.301. The number of halogens is 1. The van der Waals surface area contributed by atoms with Crippen LogP contribution in [0.1, 0.15) is 37.7 Å². The van der Waals surface area contributed by atoms with Crippen molar-refractivity contribution >= 4 is 50.0 Å². The van der Waals surface area contributed by atoms with Crippen molar-refractivity contribution in [2.75, 3.05) is 4.90 Å². The van der Waals surface area contributed by atoms with Gasteiger partial charge in [0.25, 0.3) is 0 Å². The Morgan fingerprint density at radius 2 is 1.62 bits per heavy atom. The molecule has 0 aliphatic carbocycles. The fraction of sp³-hybridized carbons (Fsp3) is 0.242. The number of nitrogens with one attached hydrogen (secondary N) is 1. The number of furan rings is 1. The van der Waals surface area contributed by atoms with Crippen molar-refractivity contribution in [3.05, 3.63) is 95.8 Å². The molecule has 1 aliphatic heterocycles. The molecule has 0 bridgehead atoms. The van der Waals surface area contributed by atoms with E-state index >= 15 is 0 Å². The van der Waals surface area contributed by atoms with Crippen molar-refractivity contribution in [1.82, 2.24) is 9.55 Å². The topological polar surface area (TPSA) is 38.6 Å².